The molecule has 1 unspecified atom stereocenters. The maximum Gasteiger partial charge on any atom is 0.237 e. The van der Waals surface area contributed by atoms with E-state index in [1.54, 1.807) is 0 Å². The molecule has 0 aromatic heterocycles. The van der Waals surface area contributed by atoms with E-state index >= 15 is 0 Å². The molecule has 1 rings (SSSR count). The molecule has 0 aliphatic carbocycles. The first-order valence-electron chi connectivity index (χ1n) is 7.67. The summed E-state index contributed by atoms with van der Waals surface area (Å²) in [5.74, 6) is 0.650. The zero-order valence-electron chi connectivity index (χ0n) is 13.0. The molecule has 3 N–H and O–H groups in total. The van der Waals surface area contributed by atoms with Gasteiger partial charge < -0.3 is 16.0 Å². The van der Waals surface area contributed by atoms with E-state index in [4.69, 9.17) is 5.73 Å². The van der Waals surface area contributed by atoms with Gasteiger partial charge in [0.05, 0.1) is 5.54 Å². The van der Waals surface area contributed by atoms with Crippen molar-refractivity contribution in [2.75, 3.05) is 19.6 Å². The van der Waals surface area contributed by atoms with Crippen LogP contribution in [0, 0.1) is 5.92 Å². The summed E-state index contributed by atoms with van der Waals surface area (Å²) in [4.78, 5) is 14.1. The van der Waals surface area contributed by atoms with Crippen molar-refractivity contribution < 1.29 is 4.79 Å². The summed E-state index contributed by atoms with van der Waals surface area (Å²) in [6.07, 6.45) is 4.67. The first-order chi connectivity index (χ1) is 8.87. The molecule has 19 heavy (non-hydrogen) atoms. The lowest BCUT2D eigenvalue weighted by molar-refractivity contribution is -0.124. The molecule has 1 amide bonds. The largest absolute Gasteiger partial charge is 0.368 e. The van der Waals surface area contributed by atoms with Gasteiger partial charge in [0, 0.05) is 12.6 Å². The minimum absolute atomic E-state index is 0.246. The van der Waals surface area contributed by atoms with E-state index in [0.29, 0.717) is 0 Å². The van der Waals surface area contributed by atoms with Gasteiger partial charge in [0.25, 0.3) is 0 Å². The van der Waals surface area contributed by atoms with Crippen molar-refractivity contribution in [2.45, 2.75) is 65.0 Å². The third-order valence-corrected chi connectivity index (χ3v) is 4.36. The number of nitrogens with two attached hydrogens (primary N) is 1. The van der Waals surface area contributed by atoms with Crippen molar-refractivity contribution in [2.24, 2.45) is 11.7 Å². The summed E-state index contributed by atoms with van der Waals surface area (Å²) in [7, 11) is 0. The molecular formula is C15H31N3O. The average molecular weight is 269 g/mol. The van der Waals surface area contributed by atoms with E-state index in [1.807, 2.05) is 20.8 Å². The summed E-state index contributed by atoms with van der Waals surface area (Å²) < 4.78 is 0. The topological polar surface area (TPSA) is 58.4 Å². The third kappa shape index (κ3) is 5.11. The fourth-order valence-corrected chi connectivity index (χ4v) is 2.90. The highest BCUT2D eigenvalue weighted by Crippen LogP contribution is 2.21. The molecule has 1 aliphatic rings. The number of hydrogen-bond acceptors (Lipinski definition) is 3. The summed E-state index contributed by atoms with van der Waals surface area (Å²) in [5, 5.41) is 3.31. The van der Waals surface area contributed by atoms with E-state index in [0.717, 1.165) is 32.0 Å². The number of amides is 1. The van der Waals surface area contributed by atoms with Gasteiger partial charge in [-0.15, -0.1) is 0 Å². The van der Waals surface area contributed by atoms with Crippen LogP contribution in [0.1, 0.15) is 53.4 Å². The van der Waals surface area contributed by atoms with Crippen LogP contribution >= 0.6 is 0 Å². The van der Waals surface area contributed by atoms with Gasteiger partial charge in [0.1, 0.15) is 0 Å². The molecule has 0 spiro atoms. The Morgan fingerprint density at radius 2 is 2.00 bits per heavy atom. The molecule has 0 aromatic rings. The lowest BCUT2D eigenvalue weighted by atomic mass is 9.92. The molecule has 0 saturated carbocycles. The Morgan fingerprint density at radius 1 is 1.42 bits per heavy atom. The van der Waals surface area contributed by atoms with Crippen molar-refractivity contribution >= 4 is 5.91 Å². The van der Waals surface area contributed by atoms with Crippen LogP contribution < -0.4 is 11.1 Å². The van der Waals surface area contributed by atoms with E-state index in [1.165, 1.54) is 19.3 Å². The van der Waals surface area contributed by atoms with Crippen LogP contribution in [0.25, 0.3) is 0 Å². The predicted molar refractivity (Wildman–Crippen MR) is 79.9 cm³/mol. The average Bonchev–Trinajstić information content (AvgIpc) is 2.36. The van der Waals surface area contributed by atoms with E-state index in [-0.39, 0.29) is 11.9 Å². The number of nitrogens with one attached hydrogen (secondary N) is 1. The lowest BCUT2D eigenvalue weighted by Crippen LogP contribution is -2.57. The number of nitrogens with zero attached hydrogens (tertiary/aromatic N) is 1. The second-order valence-corrected chi connectivity index (χ2v) is 6.44. The van der Waals surface area contributed by atoms with Gasteiger partial charge in [-0.1, -0.05) is 13.3 Å². The minimum atomic E-state index is -0.588. The quantitative estimate of drug-likeness (QED) is 0.740. The predicted octanol–water partition coefficient (Wildman–Crippen LogP) is 1.74. The number of rotatable bonds is 7. The van der Waals surface area contributed by atoms with Crippen LogP contribution in [0.5, 0.6) is 0 Å². The first kappa shape index (κ1) is 16.4. The standard InChI is InChI=1S/C15H31N3O/c1-5-13-6-9-18(10-7-13)11-8-15(4,14(16)19)17-12(2)3/h12-13,17H,5-11H2,1-4H3,(H2,16,19). The SMILES string of the molecule is CCC1CCN(CCC(C)(NC(C)C)C(N)=O)CC1. The van der Waals surface area contributed by atoms with Crippen molar-refractivity contribution in [1.82, 2.24) is 10.2 Å². The highest BCUT2D eigenvalue weighted by Gasteiger charge is 2.32. The number of primary amides is 1. The van der Waals surface area contributed by atoms with Gasteiger partial charge in [-0.05, 0) is 59.0 Å². The summed E-state index contributed by atoms with van der Waals surface area (Å²) in [6, 6.07) is 0.267. The van der Waals surface area contributed by atoms with Crippen LogP contribution in [0.15, 0.2) is 0 Å². The Morgan fingerprint density at radius 3 is 2.42 bits per heavy atom. The number of hydrogen-bond donors (Lipinski definition) is 2. The second kappa shape index (κ2) is 7.25. The lowest BCUT2D eigenvalue weighted by Gasteiger charge is -2.35. The van der Waals surface area contributed by atoms with Gasteiger partial charge in [-0.25, -0.2) is 0 Å². The highest BCUT2D eigenvalue weighted by molar-refractivity contribution is 5.84. The fourth-order valence-electron chi connectivity index (χ4n) is 2.90. The van der Waals surface area contributed by atoms with Gasteiger partial charge in [0.15, 0.2) is 0 Å². The van der Waals surface area contributed by atoms with Gasteiger partial charge >= 0.3 is 0 Å². The van der Waals surface area contributed by atoms with Crippen molar-refractivity contribution in [3.8, 4) is 0 Å². The van der Waals surface area contributed by atoms with Crippen molar-refractivity contribution in [3.63, 3.8) is 0 Å². The third-order valence-electron chi connectivity index (χ3n) is 4.36. The molecule has 1 heterocycles. The molecule has 0 aromatic carbocycles. The Balaban J connectivity index is 2.42. The van der Waals surface area contributed by atoms with Crippen molar-refractivity contribution in [1.29, 1.82) is 0 Å². The first-order valence-corrected chi connectivity index (χ1v) is 7.67. The van der Waals surface area contributed by atoms with Crippen LogP contribution in [-0.2, 0) is 4.79 Å². The highest BCUT2D eigenvalue weighted by atomic mass is 16.1. The molecule has 4 heteroatoms. The van der Waals surface area contributed by atoms with E-state index < -0.39 is 5.54 Å². The summed E-state index contributed by atoms with van der Waals surface area (Å²) >= 11 is 0. The van der Waals surface area contributed by atoms with Gasteiger partial charge in [-0.2, -0.15) is 0 Å². The fraction of sp³-hybridized carbons (Fsp3) is 0.933. The molecule has 1 atom stereocenters. The molecule has 1 fully saturated rings. The maximum absolute atomic E-state index is 11.7. The Bertz CT molecular complexity index is 285. The van der Waals surface area contributed by atoms with Crippen LogP contribution in [0.2, 0.25) is 0 Å². The molecule has 1 aliphatic heterocycles. The number of carbonyl (C=O) groups excluding carboxylic acids is 1. The molecule has 0 radical (unpaired) electrons. The van der Waals surface area contributed by atoms with Crippen LogP contribution in [0.4, 0.5) is 0 Å². The van der Waals surface area contributed by atoms with Gasteiger partial charge in [0.2, 0.25) is 5.91 Å². The molecule has 0 bridgehead atoms. The number of piperidine rings is 1. The molecule has 1 saturated heterocycles. The number of carbonyl (C=O) groups is 1. The minimum Gasteiger partial charge on any atom is -0.368 e. The van der Waals surface area contributed by atoms with Crippen LogP contribution in [-0.4, -0.2) is 42.0 Å². The second-order valence-electron chi connectivity index (χ2n) is 6.44. The monoisotopic (exact) mass is 269 g/mol. The van der Waals surface area contributed by atoms with E-state index in [2.05, 4.69) is 17.1 Å². The zero-order chi connectivity index (χ0) is 14.5. The summed E-state index contributed by atoms with van der Waals surface area (Å²) in [6.45, 7) is 11.6. The Hall–Kier alpha value is -0.610. The Kier molecular flexibility index (Phi) is 6.27. The normalized spacial score (nSPS) is 21.5. The maximum atomic E-state index is 11.7. The molecule has 4 nitrogen and oxygen atoms in total. The van der Waals surface area contributed by atoms with Gasteiger partial charge in [-0.3, -0.25) is 4.79 Å². The molecular weight excluding hydrogens is 238 g/mol. The summed E-state index contributed by atoms with van der Waals surface area (Å²) in [5.41, 5.74) is 4.97. The molecule has 112 valence electrons. The van der Waals surface area contributed by atoms with Crippen LogP contribution in [0.3, 0.4) is 0 Å². The van der Waals surface area contributed by atoms with E-state index in [9.17, 15) is 4.79 Å². The number of likely N-dealkylation sites (tertiary alicyclic amines) is 1. The zero-order valence-corrected chi connectivity index (χ0v) is 13.0. The smallest absolute Gasteiger partial charge is 0.237 e. The van der Waals surface area contributed by atoms with Crippen molar-refractivity contribution in [3.05, 3.63) is 0 Å². The Labute approximate surface area is 118 Å².